The zero-order valence-electron chi connectivity index (χ0n) is 12.5. The van der Waals surface area contributed by atoms with Crippen molar-refractivity contribution < 1.29 is 9.26 Å². The first kappa shape index (κ1) is 14.8. The van der Waals surface area contributed by atoms with Crippen LogP contribution >= 0.6 is 0 Å². The Balaban J connectivity index is 2.24. The molecule has 2 heterocycles. The smallest absolute Gasteiger partial charge is 0.233 e. The average Bonchev–Trinajstić information content (AvgIpc) is 2.94. The Labute approximate surface area is 123 Å². The number of nitriles is 1. The Morgan fingerprint density at radius 2 is 2.24 bits per heavy atom. The second-order valence-corrected chi connectivity index (χ2v) is 4.89. The van der Waals surface area contributed by atoms with Crippen LogP contribution in [0.25, 0.3) is 0 Å². The molecule has 110 valence electrons. The predicted octanol–water partition coefficient (Wildman–Crippen LogP) is 2.10. The van der Waals surface area contributed by atoms with Crippen LogP contribution < -0.4 is 9.64 Å². The Morgan fingerprint density at radius 1 is 1.48 bits per heavy atom. The predicted molar refractivity (Wildman–Crippen MR) is 76.0 cm³/mol. The van der Waals surface area contributed by atoms with Gasteiger partial charge in [-0.15, -0.1) is 0 Å². The molecule has 0 radical (unpaired) electrons. The van der Waals surface area contributed by atoms with Crippen molar-refractivity contribution in [3.05, 3.63) is 29.5 Å². The summed E-state index contributed by atoms with van der Waals surface area (Å²) in [5.41, 5.74) is 1.09. The zero-order valence-corrected chi connectivity index (χ0v) is 12.5. The minimum absolute atomic E-state index is 0.187. The Kier molecular flexibility index (Phi) is 4.38. The highest BCUT2D eigenvalue weighted by Gasteiger charge is 2.16. The van der Waals surface area contributed by atoms with Crippen LogP contribution in [0, 0.1) is 11.3 Å². The lowest BCUT2D eigenvalue weighted by Gasteiger charge is -2.19. The molecule has 0 atom stereocenters. The van der Waals surface area contributed by atoms with Crippen LogP contribution in [-0.2, 0) is 6.54 Å². The summed E-state index contributed by atoms with van der Waals surface area (Å²) < 4.78 is 10.3. The van der Waals surface area contributed by atoms with Crippen molar-refractivity contribution in [2.75, 3.05) is 19.1 Å². The number of pyridine rings is 1. The van der Waals surface area contributed by atoms with E-state index < -0.39 is 0 Å². The number of methoxy groups -OCH3 is 1. The van der Waals surface area contributed by atoms with E-state index in [1.54, 1.807) is 12.3 Å². The molecule has 2 aromatic heterocycles. The van der Waals surface area contributed by atoms with Crippen LogP contribution in [0.5, 0.6) is 5.88 Å². The molecule has 7 heteroatoms. The molecule has 0 aliphatic rings. The molecule has 0 spiro atoms. The van der Waals surface area contributed by atoms with Gasteiger partial charge in [-0.3, -0.25) is 0 Å². The first-order valence-corrected chi connectivity index (χ1v) is 6.53. The molecule has 0 aliphatic heterocycles. The van der Waals surface area contributed by atoms with E-state index in [1.807, 2.05) is 25.8 Å². The lowest BCUT2D eigenvalue weighted by molar-refractivity contribution is 0.360. The molecule has 7 nitrogen and oxygen atoms in total. The third-order valence-electron chi connectivity index (χ3n) is 2.97. The molecule has 0 fully saturated rings. The molecule has 0 unspecified atom stereocenters. The van der Waals surface area contributed by atoms with E-state index >= 15 is 0 Å². The van der Waals surface area contributed by atoms with E-state index in [-0.39, 0.29) is 5.92 Å². The fraction of sp³-hybridized carbons (Fsp3) is 0.429. The highest BCUT2D eigenvalue weighted by molar-refractivity contribution is 5.62. The van der Waals surface area contributed by atoms with Crippen LogP contribution in [0.3, 0.4) is 0 Å². The third-order valence-corrected chi connectivity index (χ3v) is 2.97. The molecule has 0 bridgehead atoms. The molecular formula is C14H17N5O2. The van der Waals surface area contributed by atoms with E-state index in [1.165, 1.54) is 7.11 Å². The quantitative estimate of drug-likeness (QED) is 0.832. The Hall–Kier alpha value is -2.62. The molecule has 0 saturated carbocycles. The number of hydrogen-bond donors (Lipinski definition) is 0. The van der Waals surface area contributed by atoms with Gasteiger partial charge in [-0.1, -0.05) is 19.0 Å². The van der Waals surface area contributed by atoms with Gasteiger partial charge in [0, 0.05) is 19.2 Å². The number of ether oxygens (including phenoxy) is 1. The summed E-state index contributed by atoms with van der Waals surface area (Å²) in [4.78, 5) is 10.2. The van der Waals surface area contributed by atoms with Gasteiger partial charge < -0.3 is 14.2 Å². The van der Waals surface area contributed by atoms with Crippen molar-refractivity contribution >= 4 is 5.69 Å². The van der Waals surface area contributed by atoms with Gasteiger partial charge in [0.15, 0.2) is 5.82 Å². The van der Waals surface area contributed by atoms with Crippen molar-refractivity contribution in [2.45, 2.75) is 26.3 Å². The van der Waals surface area contributed by atoms with Crippen molar-refractivity contribution in [3.8, 4) is 11.9 Å². The summed E-state index contributed by atoms with van der Waals surface area (Å²) in [7, 11) is 3.34. The number of nitrogens with zero attached hydrogens (tertiary/aromatic N) is 5. The summed E-state index contributed by atoms with van der Waals surface area (Å²) in [5, 5.41) is 13.2. The zero-order chi connectivity index (χ0) is 15.4. The molecule has 0 N–H and O–H groups in total. The van der Waals surface area contributed by atoms with Gasteiger partial charge in [0.25, 0.3) is 0 Å². The third kappa shape index (κ3) is 3.11. The minimum Gasteiger partial charge on any atom is -0.480 e. The van der Waals surface area contributed by atoms with Crippen LogP contribution in [-0.4, -0.2) is 29.3 Å². The fourth-order valence-corrected chi connectivity index (χ4v) is 1.87. The number of hydrogen-bond acceptors (Lipinski definition) is 7. The van der Waals surface area contributed by atoms with Crippen molar-refractivity contribution in [1.82, 2.24) is 15.1 Å². The van der Waals surface area contributed by atoms with Gasteiger partial charge in [0.05, 0.1) is 19.3 Å². The fourth-order valence-electron chi connectivity index (χ4n) is 1.87. The normalized spacial score (nSPS) is 10.5. The van der Waals surface area contributed by atoms with Gasteiger partial charge in [-0.25, -0.2) is 4.98 Å². The topological polar surface area (TPSA) is 88.1 Å². The van der Waals surface area contributed by atoms with Gasteiger partial charge in [-0.2, -0.15) is 10.2 Å². The highest BCUT2D eigenvalue weighted by Crippen LogP contribution is 2.26. The van der Waals surface area contributed by atoms with Gasteiger partial charge in [0.1, 0.15) is 11.6 Å². The first-order chi connectivity index (χ1) is 10.1. The molecular weight excluding hydrogens is 270 g/mol. The molecule has 0 aromatic carbocycles. The first-order valence-electron chi connectivity index (χ1n) is 6.53. The molecule has 0 aliphatic carbocycles. The maximum Gasteiger partial charge on any atom is 0.233 e. The van der Waals surface area contributed by atoms with E-state index in [4.69, 9.17) is 9.26 Å². The van der Waals surface area contributed by atoms with Crippen LogP contribution in [0.2, 0.25) is 0 Å². The average molecular weight is 287 g/mol. The van der Waals surface area contributed by atoms with E-state index in [2.05, 4.69) is 21.2 Å². The monoisotopic (exact) mass is 287 g/mol. The number of aromatic nitrogens is 3. The van der Waals surface area contributed by atoms with Crippen molar-refractivity contribution in [2.24, 2.45) is 0 Å². The Morgan fingerprint density at radius 3 is 2.81 bits per heavy atom. The van der Waals surface area contributed by atoms with Gasteiger partial charge >= 0.3 is 0 Å². The molecule has 0 saturated heterocycles. The van der Waals surface area contributed by atoms with E-state index in [9.17, 15) is 5.26 Å². The maximum absolute atomic E-state index is 9.28. The molecule has 21 heavy (non-hydrogen) atoms. The van der Waals surface area contributed by atoms with Crippen LogP contribution in [0.15, 0.2) is 16.8 Å². The van der Waals surface area contributed by atoms with E-state index in [0.29, 0.717) is 35.4 Å². The lowest BCUT2D eigenvalue weighted by Crippen LogP contribution is -2.19. The number of rotatable bonds is 5. The molecule has 2 rings (SSSR count). The Bertz CT molecular complexity index is 660. The maximum atomic E-state index is 9.28. The highest BCUT2D eigenvalue weighted by atomic mass is 16.5. The van der Waals surface area contributed by atoms with Crippen molar-refractivity contribution in [1.29, 1.82) is 5.26 Å². The largest absolute Gasteiger partial charge is 0.480 e. The van der Waals surface area contributed by atoms with Gasteiger partial charge in [0.2, 0.25) is 11.8 Å². The summed E-state index contributed by atoms with van der Waals surface area (Å²) in [6, 6.07) is 3.87. The summed E-state index contributed by atoms with van der Waals surface area (Å²) >= 11 is 0. The second kappa shape index (κ2) is 6.22. The summed E-state index contributed by atoms with van der Waals surface area (Å²) in [6.07, 6.45) is 1.60. The summed E-state index contributed by atoms with van der Waals surface area (Å²) in [5.74, 6) is 1.66. The molecule has 2 aromatic rings. The number of anilines is 1. The van der Waals surface area contributed by atoms with Crippen LogP contribution in [0.1, 0.15) is 37.0 Å². The standard InChI is InChI=1S/C14H17N5O2/c1-9(2)13-17-12(18-21-13)8-19(3)11-5-6-16-14(20-4)10(11)7-15/h5-6,9H,8H2,1-4H3. The molecule has 0 amide bonds. The van der Waals surface area contributed by atoms with Crippen LogP contribution in [0.4, 0.5) is 5.69 Å². The van der Waals surface area contributed by atoms with E-state index in [0.717, 1.165) is 0 Å². The summed E-state index contributed by atoms with van der Waals surface area (Å²) in [6.45, 7) is 4.41. The lowest BCUT2D eigenvalue weighted by atomic mass is 10.2. The van der Waals surface area contributed by atoms with Crippen molar-refractivity contribution in [3.63, 3.8) is 0 Å². The minimum atomic E-state index is 0.187. The van der Waals surface area contributed by atoms with Gasteiger partial charge in [-0.05, 0) is 6.07 Å². The second-order valence-electron chi connectivity index (χ2n) is 4.89. The SMILES string of the molecule is COc1nccc(N(C)Cc2noc(C(C)C)n2)c1C#N.